The van der Waals surface area contributed by atoms with Crippen LogP contribution in [0.1, 0.15) is 43.7 Å². The van der Waals surface area contributed by atoms with Crippen molar-refractivity contribution in [3.63, 3.8) is 0 Å². The molecule has 27 heavy (non-hydrogen) atoms. The molecule has 146 valence electrons. The average Bonchev–Trinajstić information content (AvgIpc) is 3.01. The Morgan fingerprint density at radius 2 is 2.26 bits per heavy atom. The number of phenolic OH excluding ortho intramolecular Hbond substituents is 1. The molecule has 2 heterocycles. The molecule has 1 saturated heterocycles. The number of hydrogen-bond donors (Lipinski definition) is 3. The second-order valence-corrected chi connectivity index (χ2v) is 8.73. The number of aliphatic hydroxyl groups is 1. The first kappa shape index (κ1) is 17.5. The van der Waals surface area contributed by atoms with Crippen LogP contribution in [0.2, 0.25) is 0 Å². The number of piperidine rings is 1. The fraction of sp³-hybridized carbons (Fsp3) is 0.636. The minimum atomic E-state index is -0.824. The lowest BCUT2D eigenvalue weighted by molar-refractivity contribution is -0.189. The van der Waals surface area contributed by atoms with Gasteiger partial charge in [-0.25, -0.2) is 0 Å². The summed E-state index contributed by atoms with van der Waals surface area (Å²) in [6.07, 6.45) is 6.20. The van der Waals surface area contributed by atoms with Gasteiger partial charge in [0.1, 0.15) is 6.10 Å². The van der Waals surface area contributed by atoms with Gasteiger partial charge in [0, 0.05) is 24.2 Å². The summed E-state index contributed by atoms with van der Waals surface area (Å²) in [5.41, 5.74) is 1.06. The van der Waals surface area contributed by atoms with E-state index in [1.165, 1.54) is 5.56 Å². The molecule has 2 aliphatic heterocycles. The van der Waals surface area contributed by atoms with Gasteiger partial charge in [-0.2, -0.15) is 0 Å². The van der Waals surface area contributed by atoms with E-state index in [-0.39, 0.29) is 23.9 Å². The monoisotopic (exact) mass is 370 g/mol. The third kappa shape index (κ3) is 2.05. The van der Waals surface area contributed by atoms with Crippen LogP contribution in [0.15, 0.2) is 24.8 Å². The van der Waals surface area contributed by atoms with Crippen molar-refractivity contribution in [3.05, 3.63) is 35.9 Å². The number of likely N-dealkylation sites (tertiary alicyclic amines) is 1. The molecule has 0 radical (unpaired) electrons. The van der Waals surface area contributed by atoms with Gasteiger partial charge in [-0.15, -0.1) is 6.58 Å². The molecule has 5 nitrogen and oxygen atoms in total. The number of rotatable bonds is 5. The van der Waals surface area contributed by atoms with Crippen molar-refractivity contribution in [2.75, 3.05) is 19.6 Å². The number of ether oxygens (including phenoxy) is 1. The summed E-state index contributed by atoms with van der Waals surface area (Å²) in [6.45, 7) is 8.76. The van der Waals surface area contributed by atoms with E-state index in [1.807, 2.05) is 12.1 Å². The molecule has 5 atom stereocenters. The summed E-state index contributed by atoms with van der Waals surface area (Å²) in [7, 11) is 0. The molecule has 2 fully saturated rings. The van der Waals surface area contributed by atoms with E-state index in [2.05, 4.69) is 23.7 Å². The van der Waals surface area contributed by atoms with Crippen LogP contribution in [0.5, 0.6) is 11.5 Å². The standard InChI is InChI=1S/C22H30N2O3/c1-3-10-23-15-7-8-22(26)17-13-14-5-6-16(25)19-18(14)21(22,20(15)27-19)9-12-24(17)11-4-2/h4-6,15,17,20,23,25-26H,2-3,7-13H2,1H3/t15?,17?,20-,21+,22?/m1/s1. The molecular formula is C22H30N2O3. The van der Waals surface area contributed by atoms with Crippen LogP contribution >= 0.6 is 0 Å². The zero-order valence-electron chi connectivity index (χ0n) is 16.1. The van der Waals surface area contributed by atoms with Gasteiger partial charge >= 0.3 is 0 Å². The number of benzene rings is 1. The summed E-state index contributed by atoms with van der Waals surface area (Å²) >= 11 is 0. The number of phenols is 1. The molecule has 0 aromatic heterocycles. The Balaban J connectivity index is 1.68. The molecule has 5 rings (SSSR count). The van der Waals surface area contributed by atoms with E-state index in [0.717, 1.165) is 57.3 Å². The second-order valence-electron chi connectivity index (χ2n) is 8.73. The lowest BCUT2D eigenvalue weighted by Gasteiger charge is -2.64. The quantitative estimate of drug-likeness (QED) is 0.693. The number of aromatic hydroxyl groups is 1. The molecule has 0 amide bonds. The van der Waals surface area contributed by atoms with Crippen molar-refractivity contribution in [3.8, 4) is 11.5 Å². The maximum atomic E-state index is 12.2. The molecule has 1 aromatic carbocycles. The van der Waals surface area contributed by atoms with Gasteiger partial charge in [0.15, 0.2) is 11.5 Å². The van der Waals surface area contributed by atoms with Crippen molar-refractivity contribution in [1.82, 2.24) is 10.2 Å². The Labute approximate surface area is 161 Å². The van der Waals surface area contributed by atoms with E-state index in [1.54, 1.807) is 6.07 Å². The van der Waals surface area contributed by atoms with Crippen LogP contribution < -0.4 is 10.1 Å². The highest BCUT2D eigenvalue weighted by molar-refractivity contribution is 5.62. The van der Waals surface area contributed by atoms with Crippen LogP contribution in [-0.2, 0) is 11.8 Å². The maximum Gasteiger partial charge on any atom is 0.165 e. The van der Waals surface area contributed by atoms with Gasteiger partial charge in [0.2, 0.25) is 0 Å². The van der Waals surface area contributed by atoms with Gasteiger partial charge in [-0.3, -0.25) is 4.90 Å². The van der Waals surface area contributed by atoms with E-state index in [9.17, 15) is 10.2 Å². The zero-order valence-corrected chi connectivity index (χ0v) is 16.1. The first-order chi connectivity index (χ1) is 13.1. The van der Waals surface area contributed by atoms with Crippen LogP contribution in [0.3, 0.4) is 0 Å². The largest absolute Gasteiger partial charge is 0.504 e. The summed E-state index contributed by atoms with van der Waals surface area (Å²) in [6, 6.07) is 4.07. The van der Waals surface area contributed by atoms with Gasteiger partial charge in [0.05, 0.1) is 11.0 Å². The molecule has 1 spiro atoms. The number of nitrogens with one attached hydrogen (secondary N) is 1. The highest BCUT2D eigenvalue weighted by Gasteiger charge is 2.72. The molecule has 5 heteroatoms. The maximum absolute atomic E-state index is 12.2. The Hall–Kier alpha value is -1.56. The highest BCUT2D eigenvalue weighted by Crippen LogP contribution is 2.65. The first-order valence-corrected chi connectivity index (χ1v) is 10.4. The minimum absolute atomic E-state index is 0.0745. The summed E-state index contributed by atoms with van der Waals surface area (Å²) in [5, 5.41) is 26.4. The number of nitrogens with zero attached hydrogens (tertiary/aromatic N) is 1. The minimum Gasteiger partial charge on any atom is -0.504 e. The second kappa shape index (κ2) is 5.97. The highest BCUT2D eigenvalue weighted by atomic mass is 16.5. The van der Waals surface area contributed by atoms with E-state index >= 15 is 0 Å². The van der Waals surface area contributed by atoms with Gasteiger partial charge < -0.3 is 20.3 Å². The van der Waals surface area contributed by atoms with Crippen molar-refractivity contribution in [2.24, 2.45) is 0 Å². The summed E-state index contributed by atoms with van der Waals surface area (Å²) in [4.78, 5) is 2.39. The average molecular weight is 370 g/mol. The van der Waals surface area contributed by atoms with E-state index < -0.39 is 11.0 Å². The molecule has 3 unspecified atom stereocenters. The van der Waals surface area contributed by atoms with E-state index in [0.29, 0.717) is 5.75 Å². The SMILES string of the molecule is C=CCN1CC[C@]23c4c5ccc(O)c4O[C@@H]2C(NCCC)CCC3(O)C1C5. The first-order valence-electron chi connectivity index (χ1n) is 10.4. The lowest BCUT2D eigenvalue weighted by atomic mass is 9.48. The van der Waals surface area contributed by atoms with Crippen molar-refractivity contribution in [1.29, 1.82) is 0 Å². The Kier molecular flexibility index (Phi) is 3.87. The van der Waals surface area contributed by atoms with E-state index in [4.69, 9.17) is 4.74 Å². The Morgan fingerprint density at radius 3 is 3.04 bits per heavy atom. The predicted octanol–water partition coefficient (Wildman–Crippen LogP) is 2.10. The fourth-order valence-electron chi connectivity index (χ4n) is 6.55. The molecule has 4 aliphatic rings. The molecule has 1 aromatic rings. The fourth-order valence-corrected chi connectivity index (χ4v) is 6.55. The third-order valence-corrected chi connectivity index (χ3v) is 7.59. The van der Waals surface area contributed by atoms with Gasteiger partial charge in [-0.1, -0.05) is 19.1 Å². The predicted molar refractivity (Wildman–Crippen MR) is 104 cm³/mol. The van der Waals surface area contributed by atoms with Crippen LogP contribution in [0, 0.1) is 0 Å². The van der Waals surface area contributed by atoms with Gasteiger partial charge in [0.25, 0.3) is 0 Å². The molecule has 2 bridgehead atoms. The number of hydrogen-bond acceptors (Lipinski definition) is 5. The van der Waals surface area contributed by atoms with Gasteiger partial charge in [-0.05, 0) is 56.8 Å². The molecule has 2 aliphatic carbocycles. The molecular weight excluding hydrogens is 340 g/mol. The summed E-state index contributed by atoms with van der Waals surface area (Å²) in [5.74, 6) is 0.831. The Morgan fingerprint density at radius 1 is 1.41 bits per heavy atom. The lowest BCUT2D eigenvalue weighted by Crippen LogP contribution is -2.78. The van der Waals surface area contributed by atoms with Crippen molar-refractivity contribution >= 4 is 0 Å². The van der Waals surface area contributed by atoms with Crippen molar-refractivity contribution < 1.29 is 14.9 Å². The normalized spacial score (nSPS) is 39.0. The Bertz CT molecular complexity index is 781. The smallest absolute Gasteiger partial charge is 0.165 e. The molecule has 3 N–H and O–H groups in total. The summed E-state index contributed by atoms with van der Waals surface area (Å²) < 4.78 is 6.47. The van der Waals surface area contributed by atoms with Crippen LogP contribution in [0.25, 0.3) is 0 Å². The van der Waals surface area contributed by atoms with Crippen molar-refractivity contribution in [2.45, 2.75) is 68.2 Å². The van der Waals surface area contributed by atoms with Crippen LogP contribution in [0.4, 0.5) is 0 Å². The topological polar surface area (TPSA) is 65.0 Å². The molecule has 1 saturated carbocycles. The van der Waals surface area contributed by atoms with Crippen LogP contribution in [-0.4, -0.2) is 58.5 Å². The third-order valence-electron chi connectivity index (χ3n) is 7.59. The zero-order chi connectivity index (χ0) is 18.8.